The summed E-state index contributed by atoms with van der Waals surface area (Å²) in [7, 11) is 0. The molecular weight excluding hydrogens is 253 g/mol. The summed E-state index contributed by atoms with van der Waals surface area (Å²) in [5.41, 5.74) is 7.75. The molecule has 0 aliphatic carbocycles. The monoisotopic (exact) mass is 265 g/mol. The highest BCUT2D eigenvalue weighted by Crippen LogP contribution is 2.19. The molecule has 4 heteroatoms. The van der Waals surface area contributed by atoms with E-state index in [0.717, 1.165) is 15.6 Å². The Balaban J connectivity index is 0.00000144. The van der Waals surface area contributed by atoms with Crippen molar-refractivity contribution in [2.24, 2.45) is 5.73 Å². The van der Waals surface area contributed by atoms with E-state index in [2.05, 4.69) is 15.9 Å². The Morgan fingerprint density at radius 1 is 1.54 bits per heavy atom. The number of benzene rings is 1. The van der Waals surface area contributed by atoms with E-state index in [-0.39, 0.29) is 25.1 Å². The summed E-state index contributed by atoms with van der Waals surface area (Å²) in [6.07, 6.45) is 0. The van der Waals surface area contributed by atoms with Crippen molar-refractivity contribution in [1.29, 1.82) is 0 Å². The van der Waals surface area contributed by atoms with Crippen molar-refractivity contribution >= 4 is 28.3 Å². The molecule has 0 bridgehead atoms. The first-order valence-corrected chi connectivity index (χ1v) is 4.57. The maximum Gasteiger partial charge on any atom is 0.0624 e. The third-order valence-corrected chi connectivity index (χ3v) is 2.70. The molecule has 0 heterocycles. The van der Waals surface area contributed by atoms with Crippen molar-refractivity contribution in [1.82, 2.24) is 0 Å². The van der Waals surface area contributed by atoms with Gasteiger partial charge >= 0.3 is 0 Å². The third-order valence-electron chi connectivity index (χ3n) is 1.81. The lowest BCUT2D eigenvalue weighted by Crippen LogP contribution is -2.14. The molecule has 0 spiro atoms. The number of aliphatic hydroxyl groups excluding tert-OH is 1. The fraction of sp³-hybridized carbons (Fsp3) is 0.333. The number of nitrogens with two attached hydrogens (primary N) is 1. The molecule has 1 rings (SSSR count). The molecule has 0 unspecified atom stereocenters. The van der Waals surface area contributed by atoms with Crippen LogP contribution in [-0.2, 0) is 0 Å². The van der Waals surface area contributed by atoms with E-state index in [1.807, 2.05) is 25.1 Å². The average molecular weight is 267 g/mol. The maximum atomic E-state index is 8.81. The van der Waals surface area contributed by atoms with Crippen LogP contribution >= 0.6 is 28.3 Å². The molecule has 3 N–H and O–H groups in total. The van der Waals surface area contributed by atoms with E-state index in [1.54, 1.807) is 0 Å². The minimum absolute atomic E-state index is 0. The van der Waals surface area contributed by atoms with Gasteiger partial charge in [-0.25, -0.2) is 0 Å². The Labute approximate surface area is 92.7 Å². The van der Waals surface area contributed by atoms with Gasteiger partial charge in [-0.15, -0.1) is 12.4 Å². The zero-order valence-electron chi connectivity index (χ0n) is 7.33. The van der Waals surface area contributed by atoms with Gasteiger partial charge in [-0.2, -0.15) is 0 Å². The predicted octanol–water partition coefficient (Wildman–Crippen LogP) is 2.17. The first-order valence-electron chi connectivity index (χ1n) is 3.77. The van der Waals surface area contributed by atoms with Gasteiger partial charge in [0.1, 0.15) is 0 Å². The molecule has 2 nitrogen and oxygen atoms in total. The zero-order valence-corrected chi connectivity index (χ0v) is 9.73. The van der Waals surface area contributed by atoms with E-state index < -0.39 is 0 Å². The van der Waals surface area contributed by atoms with E-state index in [9.17, 15) is 0 Å². The van der Waals surface area contributed by atoms with E-state index >= 15 is 0 Å². The van der Waals surface area contributed by atoms with Gasteiger partial charge in [0, 0.05) is 4.47 Å². The minimum Gasteiger partial charge on any atom is -0.394 e. The largest absolute Gasteiger partial charge is 0.394 e. The van der Waals surface area contributed by atoms with Crippen LogP contribution in [0.15, 0.2) is 22.7 Å². The summed E-state index contributed by atoms with van der Waals surface area (Å²) in [6, 6.07) is 5.57. The fourth-order valence-corrected chi connectivity index (χ4v) is 1.25. The molecule has 1 atom stereocenters. The molecule has 1 aromatic rings. The topological polar surface area (TPSA) is 46.2 Å². The molecule has 74 valence electrons. The molecule has 13 heavy (non-hydrogen) atoms. The lowest BCUT2D eigenvalue weighted by Gasteiger charge is -2.09. The second-order valence-electron chi connectivity index (χ2n) is 2.80. The van der Waals surface area contributed by atoms with Crippen molar-refractivity contribution in [3.05, 3.63) is 33.8 Å². The number of halogens is 2. The summed E-state index contributed by atoms with van der Waals surface area (Å²) in [6.45, 7) is 1.98. The first-order chi connectivity index (χ1) is 5.65. The van der Waals surface area contributed by atoms with Crippen molar-refractivity contribution in [3.8, 4) is 0 Å². The third kappa shape index (κ3) is 3.27. The molecule has 0 amide bonds. The van der Waals surface area contributed by atoms with E-state index in [0.29, 0.717) is 0 Å². The number of rotatable bonds is 2. The number of aliphatic hydroxyl groups is 1. The highest BCUT2D eigenvalue weighted by atomic mass is 79.9. The summed E-state index contributed by atoms with van der Waals surface area (Å²) in [4.78, 5) is 0. The maximum absolute atomic E-state index is 8.81. The van der Waals surface area contributed by atoms with Crippen molar-refractivity contribution in [2.75, 3.05) is 6.61 Å². The Bertz CT molecular complexity index is 280. The molecule has 0 fully saturated rings. The van der Waals surface area contributed by atoms with E-state index in [4.69, 9.17) is 10.8 Å². The van der Waals surface area contributed by atoms with Crippen molar-refractivity contribution in [3.63, 3.8) is 0 Å². The lowest BCUT2D eigenvalue weighted by atomic mass is 10.1. The van der Waals surface area contributed by atoms with Crippen LogP contribution in [0.3, 0.4) is 0 Å². The molecule has 1 aromatic carbocycles. The molecule has 0 aromatic heterocycles. The Morgan fingerprint density at radius 3 is 2.62 bits per heavy atom. The standard InChI is InChI=1S/C9H12BrNO.ClH/c1-6-4-7(9(11)5-12)2-3-8(6)10;/h2-4,9,12H,5,11H2,1H3;1H/t9-;/m1./s1. The van der Waals surface area contributed by atoms with Crippen LogP contribution in [0.25, 0.3) is 0 Å². The summed E-state index contributed by atoms with van der Waals surface area (Å²) >= 11 is 3.40. The fourth-order valence-electron chi connectivity index (χ4n) is 1.00. The van der Waals surface area contributed by atoms with Crippen LogP contribution in [0.1, 0.15) is 17.2 Å². The smallest absolute Gasteiger partial charge is 0.0624 e. The molecular formula is C9H13BrClNO. The summed E-state index contributed by atoms with van der Waals surface area (Å²) in [5, 5.41) is 8.81. The molecule has 0 saturated heterocycles. The number of aryl methyl sites for hydroxylation is 1. The summed E-state index contributed by atoms with van der Waals surface area (Å²) in [5.74, 6) is 0. The van der Waals surface area contributed by atoms with Gasteiger partial charge in [0.25, 0.3) is 0 Å². The van der Waals surface area contributed by atoms with Crippen LogP contribution in [0.5, 0.6) is 0 Å². The second-order valence-corrected chi connectivity index (χ2v) is 3.65. The van der Waals surface area contributed by atoms with Gasteiger partial charge in [0.15, 0.2) is 0 Å². The second kappa shape index (κ2) is 5.60. The van der Waals surface area contributed by atoms with Gasteiger partial charge in [-0.3, -0.25) is 0 Å². The van der Waals surface area contributed by atoms with Gasteiger partial charge in [0.2, 0.25) is 0 Å². The number of hydrogen-bond acceptors (Lipinski definition) is 2. The Kier molecular flexibility index (Phi) is 5.56. The van der Waals surface area contributed by atoms with Crippen molar-refractivity contribution in [2.45, 2.75) is 13.0 Å². The quantitative estimate of drug-likeness (QED) is 0.862. The Morgan fingerprint density at radius 2 is 2.15 bits per heavy atom. The number of hydrogen-bond donors (Lipinski definition) is 2. The van der Waals surface area contributed by atoms with Gasteiger partial charge in [-0.05, 0) is 24.1 Å². The predicted molar refractivity (Wildman–Crippen MR) is 60.1 cm³/mol. The first kappa shape index (κ1) is 12.9. The molecule has 0 radical (unpaired) electrons. The highest BCUT2D eigenvalue weighted by molar-refractivity contribution is 9.10. The van der Waals surface area contributed by atoms with Crippen LogP contribution in [0.2, 0.25) is 0 Å². The Hall–Kier alpha value is -0.0900. The zero-order chi connectivity index (χ0) is 9.14. The molecule has 0 aliphatic heterocycles. The SMILES string of the molecule is Cc1cc([C@H](N)CO)ccc1Br.Cl. The van der Waals surface area contributed by atoms with Crippen LogP contribution in [-0.4, -0.2) is 11.7 Å². The lowest BCUT2D eigenvalue weighted by molar-refractivity contribution is 0.268. The van der Waals surface area contributed by atoms with Gasteiger partial charge in [-0.1, -0.05) is 28.1 Å². The van der Waals surface area contributed by atoms with Crippen LogP contribution < -0.4 is 5.73 Å². The van der Waals surface area contributed by atoms with Crippen LogP contribution in [0.4, 0.5) is 0 Å². The van der Waals surface area contributed by atoms with Crippen LogP contribution in [0, 0.1) is 6.92 Å². The van der Waals surface area contributed by atoms with E-state index in [1.165, 1.54) is 0 Å². The molecule has 0 saturated carbocycles. The average Bonchev–Trinajstić information content (AvgIpc) is 2.08. The van der Waals surface area contributed by atoms with Crippen molar-refractivity contribution < 1.29 is 5.11 Å². The minimum atomic E-state index is -0.267. The van der Waals surface area contributed by atoms with Gasteiger partial charge in [0.05, 0.1) is 12.6 Å². The highest BCUT2D eigenvalue weighted by Gasteiger charge is 2.04. The normalized spacial score (nSPS) is 12.0. The molecule has 0 aliphatic rings. The van der Waals surface area contributed by atoms with Gasteiger partial charge < -0.3 is 10.8 Å². The summed E-state index contributed by atoms with van der Waals surface area (Å²) < 4.78 is 1.07.